The van der Waals surface area contributed by atoms with Crippen LogP contribution in [0.3, 0.4) is 0 Å². The largest absolute Gasteiger partial charge is 0.496 e. The normalized spacial score (nSPS) is 14.9. The first kappa shape index (κ1) is 24.3. The molecular formula is C25H35N3O3S. The summed E-state index contributed by atoms with van der Waals surface area (Å²) < 4.78 is 7.21. The highest BCUT2D eigenvalue weighted by Gasteiger charge is 2.25. The summed E-state index contributed by atoms with van der Waals surface area (Å²) in [7, 11) is 1.51. The molecule has 0 bridgehead atoms. The van der Waals surface area contributed by atoms with E-state index in [1.54, 1.807) is 15.9 Å². The SMILES string of the molecule is COc1cc(=O)n2c(c1C(=O)NCc1ccsc1)CCN(C[C@@H](C)CCC=C(C)C)CC2. The van der Waals surface area contributed by atoms with Gasteiger partial charge in [0, 0.05) is 50.9 Å². The van der Waals surface area contributed by atoms with E-state index in [-0.39, 0.29) is 11.5 Å². The van der Waals surface area contributed by atoms with Crippen molar-refractivity contribution in [1.82, 2.24) is 14.8 Å². The molecule has 0 aromatic carbocycles. The van der Waals surface area contributed by atoms with Crippen molar-refractivity contribution in [3.05, 3.63) is 61.7 Å². The fourth-order valence-electron chi connectivity index (χ4n) is 4.23. The average molecular weight is 458 g/mol. The van der Waals surface area contributed by atoms with Gasteiger partial charge in [0.25, 0.3) is 11.5 Å². The number of rotatable bonds is 9. The van der Waals surface area contributed by atoms with Crippen molar-refractivity contribution in [2.75, 3.05) is 26.7 Å². The van der Waals surface area contributed by atoms with Gasteiger partial charge in [-0.15, -0.1) is 0 Å². The Kier molecular flexibility index (Phi) is 8.70. The monoisotopic (exact) mass is 457 g/mol. The third kappa shape index (κ3) is 6.33. The minimum absolute atomic E-state index is 0.107. The highest BCUT2D eigenvalue weighted by atomic mass is 32.1. The molecule has 0 spiro atoms. The number of hydrogen-bond acceptors (Lipinski definition) is 5. The number of pyridine rings is 1. The summed E-state index contributed by atoms with van der Waals surface area (Å²) in [4.78, 5) is 28.3. The van der Waals surface area contributed by atoms with Crippen molar-refractivity contribution in [3.8, 4) is 5.75 Å². The lowest BCUT2D eigenvalue weighted by Crippen LogP contribution is -2.32. The Morgan fingerprint density at radius 2 is 2.12 bits per heavy atom. The second kappa shape index (κ2) is 11.5. The molecule has 0 radical (unpaired) electrons. The van der Waals surface area contributed by atoms with Gasteiger partial charge in [0.1, 0.15) is 11.3 Å². The summed E-state index contributed by atoms with van der Waals surface area (Å²) in [5.41, 5.74) is 3.58. The average Bonchev–Trinajstić information content (AvgIpc) is 3.19. The summed E-state index contributed by atoms with van der Waals surface area (Å²) in [5.74, 6) is 0.736. The standard InChI is InChI=1S/C25H35N3O3S/c1-18(2)6-5-7-19(3)16-27-10-8-21-24(25(30)26-15-20-9-13-32-17-20)22(31-4)14-23(29)28(21)12-11-27/h6,9,13-14,17,19H,5,7-8,10-12,15-16H2,1-4H3,(H,26,30)/t19-/m0/s1. The van der Waals surface area contributed by atoms with Crippen LogP contribution in [-0.4, -0.2) is 42.1 Å². The third-order valence-electron chi connectivity index (χ3n) is 5.95. The van der Waals surface area contributed by atoms with Crippen molar-refractivity contribution in [2.24, 2.45) is 5.92 Å². The Bertz CT molecular complexity index is 991. The van der Waals surface area contributed by atoms with Gasteiger partial charge >= 0.3 is 0 Å². The Balaban J connectivity index is 1.74. The van der Waals surface area contributed by atoms with Crippen LogP contribution >= 0.6 is 11.3 Å². The van der Waals surface area contributed by atoms with Gasteiger partial charge in [-0.1, -0.05) is 18.6 Å². The van der Waals surface area contributed by atoms with Crippen LogP contribution < -0.4 is 15.6 Å². The van der Waals surface area contributed by atoms with Gasteiger partial charge in [-0.2, -0.15) is 11.3 Å². The number of hydrogen-bond donors (Lipinski definition) is 1. The van der Waals surface area contributed by atoms with Crippen molar-refractivity contribution in [3.63, 3.8) is 0 Å². The Hall–Kier alpha value is -2.38. The van der Waals surface area contributed by atoms with Crippen molar-refractivity contribution < 1.29 is 9.53 Å². The van der Waals surface area contributed by atoms with E-state index in [1.807, 2.05) is 16.8 Å². The van der Waals surface area contributed by atoms with Crippen molar-refractivity contribution in [1.29, 1.82) is 0 Å². The fraction of sp³-hybridized carbons (Fsp3) is 0.520. The zero-order chi connectivity index (χ0) is 23.1. The number of methoxy groups -OCH3 is 1. The Morgan fingerprint density at radius 3 is 2.81 bits per heavy atom. The molecular weight excluding hydrogens is 422 g/mol. The smallest absolute Gasteiger partial charge is 0.257 e. The number of aromatic nitrogens is 1. The van der Waals surface area contributed by atoms with Gasteiger partial charge in [0.2, 0.25) is 0 Å². The van der Waals surface area contributed by atoms with Gasteiger partial charge < -0.3 is 19.5 Å². The number of ether oxygens (including phenoxy) is 1. The maximum absolute atomic E-state index is 13.1. The predicted octanol–water partition coefficient (Wildman–Crippen LogP) is 4.09. The molecule has 3 rings (SSSR count). The number of amides is 1. The minimum Gasteiger partial charge on any atom is -0.496 e. The number of fused-ring (bicyclic) bond motifs is 1. The molecule has 7 heteroatoms. The summed E-state index contributed by atoms with van der Waals surface area (Å²) in [6.45, 7) is 10.2. The van der Waals surface area contributed by atoms with Gasteiger partial charge in [0.15, 0.2) is 0 Å². The lowest BCUT2D eigenvalue weighted by molar-refractivity contribution is 0.0945. The van der Waals surface area contributed by atoms with Gasteiger partial charge in [-0.05, 0) is 55.0 Å². The molecule has 0 saturated carbocycles. The molecule has 1 atom stereocenters. The lowest BCUT2D eigenvalue weighted by atomic mass is 10.0. The summed E-state index contributed by atoms with van der Waals surface area (Å²) in [6, 6.07) is 3.44. The van der Waals surface area contributed by atoms with E-state index in [0.717, 1.165) is 43.7 Å². The molecule has 2 aromatic rings. The quantitative estimate of drug-likeness (QED) is 0.576. The summed E-state index contributed by atoms with van der Waals surface area (Å²) >= 11 is 1.60. The molecule has 174 valence electrons. The lowest BCUT2D eigenvalue weighted by Gasteiger charge is -2.23. The Morgan fingerprint density at radius 1 is 1.31 bits per heavy atom. The van der Waals surface area contributed by atoms with E-state index >= 15 is 0 Å². The Labute approximate surface area is 194 Å². The molecule has 1 aliphatic heterocycles. The topological polar surface area (TPSA) is 63.6 Å². The first-order chi connectivity index (χ1) is 15.4. The van der Waals surface area contributed by atoms with Crippen LogP contribution in [-0.2, 0) is 19.5 Å². The molecule has 0 fully saturated rings. The number of thiophene rings is 1. The molecule has 1 amide bonds. The second-order valence-electron chi connectivity index (χ2n) is 8.85. The summed E-state index contributed by atoms with van der Waals surface area (Å²) in [5, 5.41) is 7.00. The van der Waals surface area contributed by atoms with Crippen LogP contribution in [0.4, 0.5) is 0 Å². The molecule has 0 saturated heterocycles. The molecule has 32 heavy (non-hydrogen) atoms. The van der Waals surface area contributed by atoms with E-state index in [0.29, 0.717) is 36.7 Å². The highest BCUT2D eigenvalue weighted by Crippen LogP contribution is 2.23. The number of nitrogens with one attached hydrogen (secondary N) is 1. The van der Waals surface area contributed by atoms with Crippen LogP contribution in [0.15, 0.2) is 39.3 Å². The van der Waals surface area contributed by atoms with E-state index < -0.39 is 0 Å². The van der Waals surface area contributed by atoms with Crippen LogP contribution in [0.1, 0.15) is 55.2 Å². The molecule has 1 N–H and O–H groups in total. The van der Waals surface area contributed by atoms with Crippen molar-refractivity contribution >= 4 is 17.2 Å². The molecule has 0 unspecified atom stereocenters. The first-order valence-corrected chi connectivity index (χ1v) is 12.3. The number of carbonyl (C=O) groups is 1. The van der Waals surface area contributed by atoms with Crippen LogP contribution in [0.25, 0.3) is 0 Å². The fourth-order valence-corrected chi connectivity index (χ4v) is 4.90. The molecule has 2 aromatic heterocycles. The van der Waals surface area contributed by atoms with Crippen LogP contribution in [0, 0.1) is 5.92 Å². The molecule has 1 aliphatic rings. The second-order valence-corrected chi connectivity index (χ2v) is 9.63. The van der Waals surface area contributed by atoms with Gasteiger partial charge in [-0.3, -0.25) is 9.59 Å². The van der Waals surface area contributed by atoms with E-state index in [9.17, 15) is 9.59 Å². The number of nitrogens with zero attached hydrogens (tertiary/aromatic N) is 2. The molecule has 6 nitrogen and oxygen atoms in total. The summed E-state index contributed by atoms with van der Waals surface area (Å²) in [6.07, 6.45) is 5.19. The van der Waals surface area contributed by atoms with Crippen LogP contribution in [0.2, 0.25) is 0 Å². The van der Waals surface area contributed by atoms with E-state index in [2.05, 4.69) is 37.1 Å². The maximum Gasteiger partial charge on any atom is 0.257 e. The molecule has 0 aliphatic carbocycles. The first-order valence-electron chi connectivity index (χ1n) is 11.3. The van der Waals surface area contributed by atoms with E-state index in [4.69, 9.17) is 4.74 Å². The van der Waals surface area contributed by atoms with E-state index in [1.165, 1.54) is 18.7 Å². The van der Waals surface area contributed by atoms with Crippen LogP contribution in [0.5, 0.6) is 5.75 Å². The predicted molar refractivity (Wildman–Crippen MR) is 131 cm³/mol. The van der Waals surface area contributed by atoms with Crippen molar-refractivity contribution in [2.45, 2.75) is 53.1 Å². The number of allylic oxidation sites excluding steroid dienone is 2. The maximum atomic E-state index is 13.1. The third-order valence-corrected chi connectivity index (χ3v) is 6.68. The van der Waals surface area contributed by atoms with Gasteiger partial charge in [-0.25, -0.2) is 0 Å². The van der Waals surface area contributed by atoms with Gasteiger partial charge in [0.05, 0.1) is 7.11 Å². The molecule has 3 heterocycles. The minimum atomic E-state index is -0.194. The zero-order valence-electron chi connectivity index (χ0n) is 19.6. The number of carbonyl (C=O) groups excluding carboxylic acids is 1. The zero-order valence-corrected chi connectivity index (χ0v) is 20.5. The highest BCUT2D eigenvalue weighted by molar-refractivity contribution is 7.07.